The van der Waals surface area contributed by atoms with Crippen LogP contribution in [0.15, 0.2) is 0 Å². The van der Waals surface area contributed by atoms with E-state index in [0.717, 1.165) is 6.41 Å². The van der Waals surface area contributed by atoms with Gasteiger partial charge in [0.25, 0.3) is 0 Å². The second-order valence-electron chi connectivity index (χ2n) is 5.32. The molecule has 2 aliphatic rings. The number of nitrogens with zero attached hydrogens (tertiary/aromatic N) is 1. The summed E-state index contributed by atoms with van der Waals surface area (Å²) in [6, 6.07) is 0. The molecule has 0 saturated carbocycles. The summed E-state index contributed by atoms with van der Waals surface area (Å²) >= 11 is 0. The quantitative estimate of drug-likeness (QED) is 0.341. The average molecular weight is 269 g/mol. The van der Waals surface area contributed by atoms with Gasteiger partial charge in [-0.2, -0.15) is 0 Å². The SMILES string of the molecule is O=CN1CCC2(CC1)NCCC(B(O)O)CNC2=O. The van der Waals surface area contributed by atoms with Crippen LogP contribution in [0.4, 0.5) is 0 Å². The number of nitrogens with one attached hydrogen (secondary N) is 2. The Balaban J connectivity index is 1.99. The third-order valence-electron chi connectivity index (χ3n) is 4.16. The highest BCUT2D eigenvalue weighted by molar-refractivity contribution is 6.43. The molecule has 7 nitrogen and oxygen atoms in total. The third-order valence-corrected chi connectivity index (χ3v) is 4.16. The molecule has 106 valence electrons. The van der Waals surface area contributed by atoms with Crippen LogP contribution >= 0.6 is 0 Å². The Morgan fingerprint density at radius 1 is 1.37 bits per heavy atom. The first-order chi connectivity index (χ1) is 9.07. The van der Waals surface area contributed by atoms with Gasteiger partial charge >= 0.3 is 7.12 Å². The van der Waals surface area contributed by atoms with Crippen molar-refractivity contribution >= 4 is 19.4 Å². The van der Waals surface area contributed by atoms with Crippen LogP contribution < -0.4 is 10.6 Å². The van der Waals surface area contributed by atoms with Crippen molar-refractivity contribution in [3.63, 3.8) is 0 Å². The van der Waals surface area contributed by atoms with Crippen LogP contribution in [-0.2, 0) is 9.59 Å². The fraction of sp³-hybridized carbons (Fsp3) is 0.818. The Kier molecular flexibility index (Phi) is 4.44. The Bertz CT molecular complexity index is 345. The Labute approximate surface area is 112 Å². The summed E-state index contributed by atoms with van der Waals surface area (Å²) in [5, 5.41) is 24.4. The number of hydrogen-bond acceptors (Lipinski definition) is 5. The molecule has 2 saturated heterocycles. The van der Waals surface area contributed by atoms with Crippen molar-refractivity contribution in [1.82, 2.24) is 15.5 Å². The lowest BCUT2D eigenvalue weighted by Gasteiger charge is -2.41. The summed E-state index contributed by atoms with van der Waals surface area (Å²) in [7, 11) is -1.41. The molecule has 2 aliphatic heterocycles. The molecule has 0 aromatic heterocycles. The number of piperidine rings is 1. The van der Waals surface area contributed by atoms with Gasteiger partial charge in [-0.3, -0.25) is 9.59 Å². The first-order valence-corrected chi connectivity index (χ1v) is 6.66. The summed E-state index contributed by atoms with van der Waals surface area (Å²) in [5.41, 5.74) is -0.620. The lowest BCUT2D eigenvalue weighted by molar-refractivity contribution is -0.132. The maximum Gasteiger partial charge on any atom is 0.456 e. The second kappa shape index (κ2) is 5.89. The van der Waals surface area contributed by atoms with Gasteiger partial charge in [-0.15, -0.1) is 0 Å². The molecule has 1 atom stereocenters. The summed E-state index contributed by atoms with van der Waals surface area (Å²) in [5.74, 6) is -0.452. The molecule has 0 radical (unpaired) electrons. The van der Waals surface area contributed by atoms with E-state index in [4.69, 9.17) is 0 Å². The second-order valence-corrected chi connectivity index (χ2v) is 5.32. The van der Waals surface area contributed by atoms with Crippen molar-refractivity contribution in [2.45, 2.75) is 30.6 Å². The van der Waals surface area contributed by atoms with E-state index in [0.29, 0.717) is 38.9 Å². The molecule has 2 rings (SSSR count). The van der Waals surface area contributed by atoms with E-state index in [1.165, 1.54) is 0 Å². The molecule has 2 amide bonds. The normalized spacial score (nSPS) is 27.4. The van der Waals surface area contributed by atoms with Crippen molar-refractivity contribution in [1.29, 1.82) is 0 Å². The van der Waals surface area contributed by atoms with Crippen LogP contribution in [0.5, 0.6) is 0 Å². The molecule has 0 aliphatic carbocycles. The third kappa shape index (κ3) is 3.07. The van der Waals surface area contributed by atoms with Crippen LogP contribution in [0.1, 0.15) is 19.3 Å². The van der Waals surface area contributed by atoms with Gasteiger partial charge in [0.05, 0.1) is 0 Å². The van der Waals surface area contributed by atoms with E-state index in [2.05, 4.69) is 10.6 Å². The van der Waals surface area contributed by atoms with E-state index in [1.54, 1.807) is 4.90 Å². The minimum atomic E-state index is -1.41. The Hall–Kier alpha value is -1.12. The van der Waals surface area contributed by atoms with E-state index in [-0.39, 0.29) is 18.3 Å². The molecule has 0 aromatic carbocycles. The largest absolute Gasteiger partial charge is 0.456 e. The van der Waals surface area contributed by atoms with Crippen molar-refractivity contribution in [2.75, 3.05) is 26.2 Å². The molecule has 2 heterocycles. The molecule has 2 fully saturated rings. The molecule has 0 aromatic rings. The highest BCUT2D eigenvalue weighted by Gasteiger charge is 2.42. The number of rotatable bonds is 2. The molecule has 0 bridgehead atoms. The minimum absolute atomic E-state index is 0.108. The van der Waals surface area contributed by atoms with Gasteiger partial charge in [-0.25, -0.2) is 0 Å². The summed E-state index contributed by atoms with van der Waals surface area (Å²) in [6.45, 7) is 1.97. The monoisotopic (exact) mass is 269 g/mol. The first kappa shape index (κ1) is 14.3. The van der Waals surface area contributed by atoms with E-state index >= 15 is 0 Å². The zero-order valence-corrected chi connectivity index (χ0v) is 10.8. The van der Waals surface area contributed by atoms with Gasteiger partial charge in [-0.1, -0.05) is 0 Å². The maximum atomic E-state index is 12.3. The summed E-state index contributed by atoms with van der Waals surface area (Å²) in [4.78, 5) is 24.6. The van der Waals surface area contributed by atoms with Crippen LogP contribution in [0.25, 0.3) is 0 Å². The maximum absolute atomic E-state index is 12.3. The molecule has 4 N–H and O–H groups in total. The van der Waals surface area contributed by atoms with Gasteiger partial charge in [0.1, 0.15) is 5.54 Å². The van der Waals surface area contributed by atoms with Gasteiger partial charge < -0.3 is 25.6 Å². The van der Waals surface area contributed by atoms with Gasteiger partial charge in [0.15, 0.2) is 0 Å². The number of hydrogen-bond donors (Lipinski definition) is 4. The Morgan fingerprint density at radius 3 is 2.63 bits per heavy atom. The van der Waals surface area contributed by atoms with E-state index in [9.17, 15) is 19.6 Å². The molecular formula is C11H20BN3O4. The molecule has 8 heteroatoms. The lowest BCUT2D eigenvalue weighted by Crippen LogP contribution is -2.63. The standard InChI is InChI=1S/C11H20BN3O4/c16-8-15-5-2-11(3-6-15)10(17)13-7-9(12(18)19)1-4-14-11/h8-9,14,18-19H,1-7H2,(H,13,17). The minimum Gasteiger partial charge on any atom is -0.427 e. The van der Waals surface area contributed by atoms with E-state index < -0.39 is 12.7 Å². The average Bonchev–Trinajstić information content (AvgIpc) is 2.40. The van der Waals surface area contributed by atoms with Crippen LogP contribution in [0.3, 0.4) is 0 Å². The Morgan fingerprint density at radius 2 is 2.05 bits per heavy atom. The van der Waals surface area contributed by atoms with Crippen molar-refractivity contribution in [2.24, 2.45) is 0 Å². The fourth-order valence-corrected chi connectivity index (χ4v) is 2.74. The molecular weight excluding hydrogens is 249 g/mol. The predicted molar refractivity (Wildman–Crippen MR) is 69.2 cm³/mol. The number of carbonyl (C=O) groups is 2. The molecule has 1 unspecified atom stereocenters. The molecule has 1 spiro atoms. The molecule has 19 heavy (non-hydrogen) atoms. The predicted octanol–water partition coefficient (Wildman–Crippen LogP) is -2.07. The van der Waals surface area contributed by atoms with Gasteiger partial charge in [0.2, 0.25) is 12.3 Å². The van der Waals surface area contributed by atoms with Crippen molar-refractivity contribution in [3.8, 4) is 0 Å². The number of likely N-dealkylation sites (tertiary alicyclic amines) is 1. The first-order valence-electron chi connectivity index (χ1n) is 6.66. The van der Waals surface area contributed by atoms with Crippen molar-refractivity contribution < 1.29 is 19.6 Å². The van der Waals surface area contributed by atoms with Crippen LogP contribution in [-0.4, -0.2) is 66.1 Å². The van der Waals surface area contributed by atoms with Crippen LogP contribution in [0.2, 0.25) is 5.82 Å². The summed E-state index contributed by atoms with van der Waals surface area (Å²) < 4.78 is 0. The zero-order valence-electron chi connectivity index (χ0n) is 10.8. The fourth-order valence-electron chi connectivity index (χ4n) is 2.74. The smallest absolute Gasteiger partial charge is 0.427 e. The van der Waals surface area contributed by atoms with Gasteiger partial charge in [-0.05, 0) is 25.8 Å². The number of carbonyl (C=O) groups excluding carboxylic acids is 2. The highest BCUT2D eigenvalue weighted by atomic mass is 16.4. The lowest BCUT2D eigenvalue weighted by atomic mass is 9.70. The van der Waals surface area contributed by atoms with Gasteiger partial charge in [0, 0.05) is 25.5 Å². The summed E-state index contributed by atoms with van der Waals surface area (Å²) in [6.07, 6.45) is 2.58. The van der Waals surface area contributed by atoms with Crippen LogP contribution in [0, 0.1) is 0 Å². The topological polar surface area (TPSA) is 102 Å². The zero-order chi connectivity index (χ0) is 13.9. The number of amides is 2. The van der Waals surface area contributed by atoms with E-state index in [1.807, 2.05) is 0 Å². The highest BCUT2D eigenvalue weighted by Crippen LogP contribution is 2.24. The van der Waals surface area contributed by atoms with Crippen molar-refractivity contribution in [3.05, 3.63) is 0 Å².